The van der Waals surface area contributed by atoms with E-state index in [2.05, 4.69) is 37.9 Å². The first kappa shape index (κ1) is 29.8. The van der Waals surface area contributed by atoms with Crippen LogP contribution >= 0.6 is 0 Å². The van der Waals surface area contributed by atoms with Gasteiger partial charge in [-0.25, -0.2) is 0 Å². The molecule has 3 saturated carbocycles. The molecule has 1 heterocycles. The first-order valence-electron chi connectivity index (χ1n) is 14.8. The van der Waals surface area contributed by atoms with E-state index < -0.39 is 29.8 Å². The second-order valence-electron chi connectivity index (χ2n) is 13.1. The number of benzene rings is 2. The van der Waals surface area contributed by atoms with Gasteiger partial charge in [0.25, 0.3) is 0 Å². The minimum Gasteiger partial charge on any atom is -0.394 e. The molecule has 6 rings (SSSR count). The van der Waals surface area contributed by atoms with E-state index in [0.29, 0.717) is 23.2 Å². The number of aliphatic hydroxyl groups is 3. The average molecular weight is 561 g/mol. The van der Waals surface area contributed by atoms with Gasteiger partial charge in [0.05, 0.1) is 19.3 Å². The zero-order valence-electron chi connectivity index (χ0n) is 24.7. The van der Waals surface area contributed by atoms with E-state index in [-0.39, 0.29) is 25.1 Å². The Balaban J connectivity index is 1.34. The molecule has 0 radical (unpaired) electrons. The highest BCUT2D eigenvalue weighted by molar-refractivity contribution is 5.82. The van der Waals surface area contributed by atoms with Crippen molar-refractivity contribution in [3.63, 3.8) is 0 Å². The lowest BCUT2D eigenvalue weighted by atomic mass is 9.45. The van der Waals surface area contributed by atoms with E-state index in [0.717, 1.165) is 23.1 Å². The molecule has 4 fully saturated rings. The molecule has 1 unspecified atom stereocenters. The Kier molecular flexibility index (Phi) is 8.35. The third-order valence-electron chi connectivity index (χ3n) is 10.1. The van der Waals surface area contributed by atoms with Crippen molar-refractivity contribution in [2.24, 2.45) is 29.1 Å². The summed E-state index contributed by atoms with van der Waals surface area (Å²) in [6.07, 6.45) is 0.648. The van der Waals surface area contributed by atoms with Gasteiger partial charge in [-0.3, -0.25) is 9.63 Å². The first-order chi connectivity index (χ1) is 19.4. The minimum absolute atomic E-state index is 0.0833. The third kappa shape index (κ3) is 5.82. The fraction of sp³-hybridized carbons (Fsp3) is 0.559. The van der Waals surface area contributed by atoms with Gasteiger partial charge in [-0.15, -0.1) is 0 Å². The number of amides is 1. The summed E-state index contributed by atoms with van der Waals surface area (Å²) in [5, 5.41) is 36.6. The van der Waals surface area contributed by atoms with Crippen LogP contribution < -0.4 is 5.32 Å². The second-order valence-corrected chi connectivity index (χ2v) is 13.1. The topological polar surface area (TPSA) is 102 Å². The molecule has 0 aromatic heterocycles. The van der Waals surface area contributed by atoms with E-state index in [1.165, 1.54) is 6.42 Å². The highest BCUT2D eigenvalue weighted by Gasteiger charge is 2.57. The summed E-state index contributed by atoms with van der Waals surface area (Å²) in [6.45, 7) is 10.2. The lowest BCUT2D eigenvalue weighted by molar-refractivity contribution is -0.183. The Labute approximate surface area is 243 Å². The molecule has 4 N–H and O–H groups in total. The monoisotopic (exact) mass is 560 g/mol. The molecule has 0 spiro atoms. The van der Waals surface area contributed by atoms with Crippen molar-refractivity contribution < 1.29 is 25.0 Å². The Morgan fingerprint density at radius 2 is 1.93 bits per heavy atom. The molecule has 1 amide bonds. The van der Waals surface area contributed by atoms with E-state index in [1.807, 2.05) is 54.6 Å². The van der Waals surface area contributed by atoms with E-state index in [4.69, 9.17) is 4.84 Å². The van der Waals surface area contributed by atoms with E-state index >= 15 is 0 Å². The molecule has 220 valence electrons. The number of hydrogen-bond donors (Lipinski definition) is 4. The minimum atomic E-state index is -1.30. The van der Waals surface area contributed by atoms with Gasteiger partial charge in [0.1, 0.15) is 17.7 Å². The van der Waals surface area contributed by atoms with Crippen LogP contribution in [-0.4, -0.2) is 57.2 Å². The van der Waals surface area contributed by atoms with Gasteiger partial charge in [-0.1, -0.05) is 75.1 Å². The standard InChI is InChI=1S/C34H44N2O5/c1-21-27-17-26(33(27,3)4)18-28(21)35-32(39)31-30(22(2)38)29(20-37)41-36(31)19-24-11-9-10-23(16-24)14-15-34(5,40)25-12-7-6-8-13-25/h6-13,16,21-22,26-31,37-38,40H,17-20H2,1-5H3,(H,35,39)/t21-,22-,26+,27-,28-,29-,30+,31-,34?/m0/s1. The van der Waals surface area contributed by atoms with Crippen molar-refractivity contribution in [3.8, 4) is 11.8 Å². The number of hydrogen-bond acceptors (Lipinski definition) is 6. The fourth-order valence-electron chi connectivity index (χ4n) is 7.44. The largest absolute Gasteiger partial charge is 0.394 e. The van der Waals surface area contributed by atoms with E-state index in [9.17, 15) is 20.1 Å². The lowest BCUT2D eigenvalue weighted by Gasteiger charge is -2.62. The molecule has 3 aliphatic carbocycles. The summed E-state index contributed by atoms with van der Waals surface area (Å²) in [4.78, 5) is 20.0. The van der Waals surface area contributed by atoms with Gasteiger partial charge in [0.15, 0.2) is 0 Å². The second kappa shape index (κ2) is 11.5. The molecule has 7 nitrogen and oxygen atoms in total. The SMILES string of the molecule is C[C@@H]1[C@@H](NC(=O)[C@@H]2[C@H]([C@H](C)O)[C@H](CO)ON2Cc2cccc(C#CC(C)(O)c3ccccc3)c2)C[C@H]2C[C@@H]1C2(C)C. The van der Waals surface area contributed by atoms with Crippen molar-refractivity contribution in [3.05, 3.63) is 71.3 Å². The average Bonchev–Trinajstić information content (AvgIpc) is 3.32. The fourth-order valence-corrected chi connectivity index (χ4v) is 7.44. The Morgan fingerprint density at radius 3 is 2.56 bits per heavy atom. The third-order valence-corrected chi connectivity index (χ3v) is 10.1. The Bertz CT molecular complexity index is 1300. The molecule has 2 aromatic rings. The zero-order chi connectivity index (χ0) is 29.5. The van der Waals surface area contributed by atoms with Crippen LogP contribution in [0.15, 0.2) is 54.6 Å². The number of nitrogens with zero attached hydrogens (tertiary/aromatic N) is 1. The molecule has 1 saturated heterocycles. The van der Waals surface area contributed by atoms with Gasteiger partial charge >= 0.3 is 0 Å². The van der Waals surface area contributed by atoms with Crippen LogP contribution in [0.1, 0.15) is 64.2 Å². The van der Waals surface area contributed by atoms with Gasteiger partial charge in [0, 0.05) is 17.5 Å². The molecular formula is C34H44N2O5. The summed E-state index contributed by atoms with van der Waals surface area (Å²) >= 11 is 0. The normalized spacial score (nSPS) is 32.6. The van der Waals surface area contributed by atoms with Gasteiger partial charge in [0.2, 0.25) is 5.91 Å². The summed E-state index contributed by atoms with van der Waals surface area (Å²) < 4.78 is 0. The number of fused-ring (bicyclic) bond motifs is 2. The van der Waals surface area contributed by atoms with Gasteiger partial charge in [-0.05, 0) is 73.1 Å². The van der Waals surface area contributed by atoms with Crippen molar-refractivity contribution >= 4 is 5.91 Å². The maximum Gasteiger partial charge on any atom is 0.240 e. The number of carbonyl (C=O) groups excluding carboxylic acids is 1. The predicted octanol–water partition coefficient (Wildman–Crippen LogP) is 3.61. The van der Waals surface area contributed by atoms with Crippen molar-refractivity contribution in [2.45, 2.75) is 83.9 Å². The molecule has 9 atom stereocenters. The quantitative estimate of drug-likeness (QED) is 0.386. The van der Waals surface area contributed by atoms with Crippen molar-refractivity contribution in [1.29, 1.82) is 0 Å². The lowest BCUT2D eigenvalue weighted by Crippen LogP contribution is -2.62. The number of aliphatic hydroxyl groups excluding tert-OH is 2. The molecule has 2 aromatic carbocycles. The van der Waals surface area contributed by atoms with Crippen LogP contribution in [0.2, 0.25) is 0 Å². The first-order valence-corrected chi connectivity index (χ1v) is 14.8. The summed E-state index contributed by atoms with van der Waals surface area (Å²) in [7, 11) is 0. The van der Waals surface area contributed by atoms with Crippen LogP contribution in [0.5, 0.6) is 0 Å². The highest BCUT2D eigenvalue weighted by Crippen LogP contribution is 2.61. The summed E-state index contributed by atoms with van der Waals surface area (Å²) in [6, 6.07) is 16.3. The van der Waals surface area contributed by atoms with E-state index in [1.54, 1.807) is 18.9 Å². The highest BCUT2D eigenvalue weighted by atomic mass is 16.7. The van der Waals surface area contributed by atoms with Crippen LogP contribution in [0.4, 0.5) is 0 Å². The molecule has 7 heteroatoms. The van der Waals surface area contributed by atoms with Gasteiger partial charge in [-0.2, -0.15) is 5.06 Å². The van der Waals surface area contributed by atoms with Crippen molar-refractivity contribution in [1.82, 2.24) is 10.4 Å². The molecule has 1 aliphatic heterocycles. The van der Waals surface area contributed by atoms with Crippen LogP contribution in [0.3, 0.4) is 0 Å². The summed E-state index contributed by atoms with van der Waals surface area (Å²) in [5.74, 6) is 6.88. The molecule has 41 heavy (non-hydrogen) atoms. The maximum absolute atomic E-state index is 13.9. The summed E-state index contributed by atoms with van der Waals surface area (Å²) in [5.41, 5.74) is 1.32. The van der Waals surface area contributed by atoms with Crippen LogP contribution in [-0.2, 0) is 21.8 Å². The molecular weight excluding hydrogens is 516 g/mol. The Morgan fingerprint density at radius 1 is 1.20 bits per heavy atom. The molecule has 4 aliphatic rings. The zero-order valence-corrected chi connectivity index (χ0v) is 24.7. The van der Waals surface area contributed by atoms with Crippen LogP contribution in [0, 0.1) is 40.9 Å². The maximum atomic E-state index is 13.9. The Hall–Kier alpha value is -2.73. The molecule has 2 bridgehead atoms. The van der Waals surface area contributed by atoms with Gasteiger partial charge < -0.3 is 20.6 Å². The number of carbonyl (C=O) groups is 1. The smallest absolute Gasteiger partial charge is 0.240 e. The number of nitrogens with one attached hydrogen (secondary N) is 1. The van der Waals surface area contributed by atoms with Crippen LogP contribution in [0.25, 0.3) is 0 Å². The predicted molar refractivity (Wildman–Crippen MR) is 157 cm³/mol. The number of hydroxylamine groups is 2. The number of rotatable bonds is 7. The van der Waals surface area contributed by atoms with Crippen molar-refractivity contribution in [2.75, 3.05) is 6.61 Å².